The number of hydrogen-bond donors (Lipinski definition) is 2. The van der Waals surface area contributed by atoms with Gasteiger partial charge in [-0.25, -0.2) is 0 Å². The number of aliphatic hydroxyl groups is 1. The predicted octanol–water partition coefficient (Wildman–Crippen LogP) is 4.30. The van der Waals surface area contributed by atoms with Crippen LogP contribution in [0.3, 0.4) is 0 Å². The molecule has 0 aliphatic heterocycles. The molecule has 1 unspecified atom stereocenters. The van der Waals surface area contributed by atoms with E-state index in [0.717, 1.165) is 46.0 Å². The van der Waals surface area contributed by atoms with E-state index in [4.69, 9.17) is 9.47 Å². The molecule has 2 heterocycles. The molecule has 2 aromatic carbocycles. The van der Waals surface area contributed by atoms with Crippen molar-refractivity contribution < 1.29 is 14.6 Å². The third-order valence-electron chi connectivity index (χ3n) is 5.31. The van der Waals surface area contributed by atoms with E-state index >= 15 is 0 Å². The first-order chi connectivity index (χ1) is 15.2. The van der Waals surface area contributed by atoms with E-state index in [-0.39, 0.29) is 6.61 Å². The number of methoxy groups -OCH3 is 1. The maximum Gasteiger partial charge on any atom is 0.191 e. The van der Waals surface area contributed by atoms with Crippen molar-refractivity contribution in [2.45, 2.75) is 30.1 Å². The molecule has 0 bridgehead atoms. The smallest absolute Gasteiger partial charge is 0.191 e. The highest BCUT2D eigenvalue weighted by Gasteiger charge is 2.31. The number of ether oxygens (including phenoxy) is 2. The number of benzene rings is 2. The second-order valence-corrected chi connectivity index (χ2v) is 8.59. The van der Waals surface area contributed by atoms with Gasteiger partial charge in [-0.2, -0.15) is 0 Å². The molecule has 160 valence electrons. The summed E-state index contributed by atoms with van der Waals surface area (Å²) in [5.41, 5.74) is 2.15. The monoisotopic (exact) mass is 436 g/mol. The largest absolute Gasteiger partial charge is 0.497 e. The van der Waals surface area contributed by atoms with Gasteiger partial charge in [0.15, 0.2) is 11.0 Å². The van der Waals surface area contributed by atoms with Crippen LogP contribution >= 0.6 is 11.8 Å². The van der Waals surface area contributed by atoms with Crippen LogP contribution in [0.4, 0.5) is 0 Å². The van der Waals surface area contributed by atoms with Crippen molar-refractivity contribution in [2.75, 3.05) is 19.5 Å². The van der Waals surface area contributed by atoms with Crippen LogP contribution in [0.25, 0.3) is 22.3 Å². The molecule has 0 radical (unpaired) electrons. The van der Waals surface area contributed by atoms with Crippen molar-refractivity contribution >= 4 is 22.7 Å². The molecule has 0 saturated heterocycles. The molecular weight excluding hydrogens is 412 g/mol. The average Bonchev–Trinajstić information content (AvgIpc) is 3.42. The Labute approximate surface area is 184 Å². The zero-order valence-corrected chi connectivity index (χ0v) is 18.0. The number of aromatic nitrogens is 4. The third-order valence-corrected chi connectivity index (χ3v) is 6.40. The molecule has 8 heteroatoms. The van der Waals surface area contributed by atoms with Crippen molar-refractivity contribution in [1.82, 2.24) is 19.7 Å². The highest BCUT2D eigenvalue weighted by Crippen LogP contribution is 2.42. The molecule has 1 aliphatic rings. The van der Waals surface area contributed by atoms with Crippen LogP contribution in [0, 0.1) is 0 Å². The summed E-state index contributed by atoms with van der Waals surface area (Å²) >= 11 is 1.52. The summed E-state index contributed by atoms with van der Waals surface area (Å²) in [6, 6.07) is 16.0. The molecule has 1 atom stereocenters. The van der Waals surface area contributed by atoms with Gasteiger partial charge >= 0.3 is 0 Å². The van der Waals surface area contributed by atoms with Gasteiger partial charge in [-0.3, -0.25) is 4.57 Å². The van der Waals surface area contributed by atoms with Gasteiger partial charge in [-0.1, -0.05) is 30.0 Å². The van der Waals surface area contributed by atoms with E-state index in [0.29, 0.717) is 17.5 Å². The summed E-state index contributed by atoms with van der Waals surface area (Å²) in [7, 11) is 1.63. The maximum atomic E-state index is 10.4. The Morgan fingerprint density at radius 1 is 1.13 bits per heavy atom. The number of para-hydroxylation sites is 1. The number of rotatable bonds is 9. The standard InChI is InChI=1S/C23H24N4O3S/c1-29-17-8-10-18(11-9-17)30-13-16(28)14-31-23-26-25-22(27(23)15-6-7-15)20-12-24-21-5-3-2-4-19(20)21/h2-5,8-12,15-16,24,28H,6-7,13-14H2,1H3. The lowest BCUT2D eigenvalue weighted by Gasteiger charge is -2.13. The van der Waals surface area contributed by atoms with E-state index in [1.807, 2.05) is 42.6 Å². The average molecular weight is 437 g/mol. The number of aliphatic hydroxyl groups excluding tert-OH is 1. The molecule has 1 fully saturated rings. The van der Waals surface area contributed by atoms with Crippen LogP contribution in [0.15, 0.2) is 59.9 Å². The first-order valence-corrected chi connectivity index (χ1v) is 11.3. The van der Waals surface area contributed by atoms with Gasteiger partial charge in [0.05, 0.1) is 13.2 Å². The lowest BCUT2D eigenvalue weighted by atomic mass is 10.1. The molecule has 5 rings (SSSR count). The predicted molar refractivity (Wildman–Crippen MR) is 121 cm³/mol. The lowest BCUT2D eigenvalue weighted by Crippen LogP contribution is -2.20. The van der Waals surface area contributed by atoms with Gasteiger partial charge in [0.2, 0.25) is 0 Å². The fraction of sp³-hybridized carbons (Fsp3) is 0.304. The number of nitrogens with zero attached hydrogens (tertiary/aromatic N) is 3. The number of hydrogen-bond acceptors (Lipinski definition) is 6. The van der Waals surface area contributed by atoms with Crippen molar-refractivity contribution in [3.8, 4) is 22.9 Å². The van der Waals surface area contributed by atoms with E-state index in [2.05, 4.69) is 31.9 Å². The van der Waals surface area contributed by atoms with Crippen LogP contribution in [-0.4, -0.2) is 50.4 Å². The molecular formula is C23H24N4O3S. The Morgan fingerprint density at radius 2 is 1.90 bits per heavy atom. The first-order valence-electron chi connectivity index (χ1n) is 10.3. The zero-order valence-electron chi connectivity index (χ0n) is 17.2. The molecule has 1 aliphatic carbocycles. The fourth-order valence-corrected chi connectivity index (χ4v) is 4.47. The minimum absolute atomic E-state index is 0.214. The quantitative estimate of drug-likeness (QED) is 0.381. The summed E-state index contributed by atoms with van der Waals surface area (Å²) in [6.07, 6.45) is 3.64. The van der Waals surface area contributed by atoms with Crippen LogP contribution in [0.5, 0.6) is 11.5 Å². The Hall–Kier alpha value is -2.97. The minimum Gasteiger partial charge on any atom is -0.497 e. The maximum absolute atomic E-state index is 10.4. The fourth-order valence-electron chi connectivity index (χ4n) is 3.56. The number of thioether (sulfide) groups is 1. The van der Waals surface area contributed by atoms with Crippen molar-refractivity contribution in [3.05, 3.63) is 54.7 Å². The van der Waals surface area contributed by atoms with Crippen molar-refractivity contribution in [1.29, 1.82) is 0 Å². The number of aromatic amines is 1. The topological polar surface area (TPSA) is 85.2 Å². The number of H-pyrrole nitrogens is 1. The zero-order chi connectivity index (χ0) is 21.2. The summed E-state index contributed by atoms with van der Waals surface area (Å²) in [5, 5.41) is 21.3. The van der Waals surface area contributed by atoms with Gasteiger partial charge in [0, 0.05) is 34.5 Å². The SMILES string of the molecule is COc1ccc(OCC(O)CSc2nnc(-c3c[nH]c4ccccc34)n2C2CC2)cc1. The molecule has 0 spiro atoms. The molecule has 2 aromatic heterocycles. The summed E-state index contributed by atoms with van der Waals surface area (Å²) in [4.78, 5) is 3.32. The normalized spacial score (nSPS) is 14.6. The second-order valence-electron chi connectivity index (χ2n) is 7.61. The van der Waals surface area contributed by atoms with E-state index < -0.39 is 6.10 Å². The summed E-state index contributed by atoms with van der Waals surface area (Å²) < 4.78 is 13.1. The Bertz CT molecular complexity index is 1170. The van der Waals surface area contributed by atoms with Crippen LogP contribution in [0.2, 0.25) is 0 Å². The highest BCUT2D eigenvalue weighted by molar-refractivity contribution is 7.99. The lowest BCUT2D eigenvalue weighted by molar-refractivity contribution is 0.126. The molecule has 7 nitrogen and oxygen atoms in total. The molecule has 31 heavy (non-hydrogen) atoms. The Morgan fingerprint density at radius 3 is 2.68 bits per heavy atom. The van der Waals surface area contributed by atoms with Crippen molar-refractivity contribution in [2.24, 2.45) is 0 Å². The second kappa shape index (κ2) is 8.64. The van der Waals surface area contributed by atoms with Crippen LogP contribution in [0.1, 0.15) is 18.9 Å². The van der Waals surface area contributed by atoms with Crippen LogP contribution < -0.4 is 9.47 Å². The number of nitrogens with one attached hydrogen (secondary N) is 1. The molecule has 0 amide bonds. The molecule has 1 saturated carbocycles. The van der Waals surface area contributed by atoms with Gasteiger partial charge in [0.25, 0.3) is 0 Å². The van der Waals surface area contributed by atoms with Gasteiger partial charge in [-0.15, -0.1) is 10.2 Å². The number of fused-ring (bicyclic) bond motifs is 1. The minimum atomic E-state index is -0.618. The molecule has 4 aromatic rings. The molecule has 2 N–H and O–H groups in total. The Balaban J connectivity index is 1.26. The Kier molecular flexibility index (Phi) is 5.57. The van der Waals surface area contributed by atoms with Crippen LogP contribution in [-0.2, 0) is 0 Å². The highest BCUT2D eigenvalue weighted by atomic mass is 32.2. The van der Waals surface area contributed by atoms with Gasteiger partial charge in [0.1, 0.15) is 18.1 Å². The first kappa shape index (κ1) is 20.0. The van der Waals surface area contributed by atoms with Gasteiger partial charge < -0.3 is 19.6 Å². The summed E-state index contributed by atoms with van der Waals surface area (Å²) in [5.74, 6) is 2.84. The third kappa shape index (κ3) is 4.26. The van der Waals surface area contributed by atoms with Gasteiger partial charge in [-0.05, 0) is 43.2 Å². The van der Waals surface area contributed by atoms with Crippen molar-refractivity contribution in [3.63, 3.8) is 0 Å². The van der Waals surface area contributed by atoms with E-state index in [1.165, 1.54) is 11.8 Å². The van der Waals surface area contributed by atoms with E-state index in [1.54, 1.807) is 7.11 Å². The summed E-state index contributed by atoms with van der Waals surface area (Å²) in [6.45, 7) is 0.214. The van der Waals surface area contributed by atoms with E-state index in [9.17, 15) is 5.11 Å².